The van der Waals surface area contributed by atoms with Crippen LogP contribution in [0.25, 0.3) is 10.4 Å². The van der Waals surface area contributed by atoms with Crippen molar-refractivity contribution < 1.29 is 4.79 Å². The zero-order valence-corrected chi connectivity index (χ0v) is 10.9. The number of nitrogens with two attached hydrogens (primary N) is 1. The lowest BCUT2D eigenvalue weighted by Gasteiger charge is -2.33. The Bertz CT molecular complexity index is 536. The fourth-order valence-corrected chi connectivity index (χ4v) is 2.48. The van der Waals surface area contributed by atoms with Crippen LogP contribution in [0.5, 0.6) is 0 Å². The van der Waals surface area contributed by atoms with Crippen molar-refractivity contribution in [2.45, 2.75) is 19.8 Å². The van der Waals surface area contributed by atoms with E-state index >= 15 is 0 Å². The summed E-state index contributed by atoms with van der Waals surface area (Å²) in [6.07, 6.45) is 2.33. The van der Waals surface area contributed by atoms with Crippen molar-refractivity contribution in [3.05, 3.63) is 34.2 Å². The summed E-state index contributed by atoms with van der Waals surface area (Å²) in [4.78, 5) is 16.2. The van der Waals surface area contributed by atoms with Gasteiger partial charge in [-0.3, -0.25) is 4.79 Å². The maximum Gasteiger partial charge on any atom is 0.248 e. The Kier molecular flexibility index (Phi) is 3.92. The molecule has 1 saturated heterocycles. The minimum Gasteiger partial charge on any atom is -0.371 e. The van der Waals surface area contributed by atoms with Crippen LogP contribution in [0.3, 0.4) is 0 Å². The highest BCUT2D eigenvalue weighted by Gasteiger charge is 2.19. The predicted octanol–water partition coefficient (Wildman–Crippen LogP) is 2.96. The largest absolute Gasteiger partial charge is 0.371 e. The average Bonchev–Trinajstić information content (AvgIpc) is 2.39. The molecular formula is C13H17N5O. The fraction of sp³-hybridized carbons (Fsp3) is 0.462. The highest BCUT2D eigenvalue weighted by Crippen LogP contribution is 2.33. The van der Waals surface area contributed by atoms with Gasteiger partial charge in [0.15, 0.2) is 0 Å². The predicted molar refractivity (Wildman–Crippen MR) is 74.4 cm³/mol. The van der Waals surface area contributed by atoms with Crippen LogP contribution < -0.4 is 10.6 Å². The second kappa shape index (κ2) is 5.63. The van der Waals surface area contributed by atoms with Crippen molar-refractivity contribution in [2.24, 2.45) is 16.8 Å². The first-order valence-corrected chi connectivity index (χ1v) is 6.35. The Labute approximate surface area is 111 Å². The third kappa shape index (κ3) is 2.98. The third-order valence-electron chi connectivity index (χ3n) is 3.41. The van der Waals surface area contributed by atoms with Crippen LogP contribution in [-0.4, -0.2) is 19.0 Å². The zero-order chi connectivity index (χ0) is 13.8. The molecule has 6 heteroatoms. The lowest BCUT2D eigenvalue weighted by molar-refractivity contribution is 0.100. The molecule has 0 aromatic heterocycles. The van der Waals surface area contributed by atoms with Gasteiger partial charge in [-0.05, 0) is 42.5 Å². The molecule has 1 fully saturated rings. The smallest absolute Gasteiger partial charge is 0.248 e. The Morgan fingerprint density at radius 3 is 3.00 bits per heavy atom. The van der Waals surface area contributed by atoms with Gasteiger partial charge in [0.05, 0.1) is 5.69 Å². The fourth-order valence-electron chi connectivity index (χ4n) is 2.48. The van der Waals surface area contributed by atoms with Crippen molar-refractivity contribution >= 4 is 17.3 Å². The number of hydrogen-bond donors (Lipinski definition) is 1. The van der Waals surface area contributed by atoms with E-state index < -0.39 is 5.91 Å². The molecule has 1 aromatic carbocycles. The van der Waals surface area contributed by atoms with E-state index in [0.29, 0.717) is 17.2 Å². The summed E-state index contributed by atoms with van der Waals surface area (Å²) in [5, 5.41) is 3.68. The molecule has 0 spiro atoms. The summed E-state index contributed by atoms with van der Waals surface area (Å²) in [5.74, 6) is 0.0939. The van der Waals surface area contributed by atoms with Gasteiger partial charge in [-0.25, -0.2) is 0 Å². The van der Waals surface area contributed by atoms with Gasteiger partial charge < -0.3 is 10.6 Å². The first-order valence-electron chi connectivity index (χ1n) is 6.35. The quantitative estimate of drug-likeness (QED) is 0.513. The normalized spacial score (nSPS) is 18.8. The molecule has 1 amide bonds. The summed E-state index contributed by atoms with van der Waals surface area (Å²) in [7, 11) is 0. The minimum absolute atomic E-state index is 0.358. The monoisotopic (exact) mass is 259 g/mol. The van der Waals surface area contributed by atoms with Crippen LogP contribution in [0.15, 0.2) is 23.3 Å². The van der Waals surface area contributed by atoms with Crippen molar-refractivity contribution in [3.8, 4) is 0 Å². The van der Waals surface area contributed by atoms with Crippen LogP contribution in [0.1, 0.15) is 30.1 Å². The van der Waals surface area contributed by atoms with Gasteiger partial charge in [0.1, 0.15) is 0 Å². The molecule has 0 radical (unpaired) electrons. The molecule has 0 bridgehead atoms. The minimum atomic E-state index is -0.520. The molecule has 1 aromatic rings. The van der Waals surface area contributed by atoms with Gasteiger partial charge in [0.25, 0.3) is 0 Å². The van der Waals surface area contributed by atoms with E-state index in [2.05, 4.69) is 21.8 Å². The molecule has 100 valence electrons. The average molecular weight is 259 g/mol. The van der Waals surface area contributed by atoms with Gasteiger partial charge in [-0.15, -0.1) is 0 Å². The molecule has 19 heavy (non-hydrogen) atoms. The van der Waals surface area contributed by atoms with Crippen LogP contribution in [0.4, 0.5) is 11.4 Å². The number of azide groups is 1. The first-order chi connectivity index (χ1) is 9.11. The van der Waals surface area contributed by atoms with Crippen molar-refractivity contribution in [1.82, 2.24) is 0 Å². The molecule has 1 aliphatic rings. The number of amides is 1. The van der Waals surface area contributed by atoms with Gasteiger partial charge in [0.2, 0.25) is 5.91 Å². The van der Waals surface area contributed by atoms with Gasteiger partial charge in [-0.1, -0.05) is 12.0 Å². The summed E-state index contributed by atoms with van der Waals surface area (Å²) < 4.78 is 0. The Morgan fingerprint density at radius 2 is 2.37 bits per heavy atom. The van der Waals surface area contributed by atoms with E-state index in [1.165, 1.54) is 6.42 Å². The number of benzene rings is 1. The van der Waals surface area contributed by atoms with Gasteiger partial charge in [0, 0.05) is 29.3 Å². The maximum atomic E-state index is 11.2. The van der Waals surface area contributed by atoms with Crippen LogP contribution in [-0.2, 0) is 0 Å². The van der Waals surface area contributed by atoms with Crippen LogP contribution in [0, 0.1) is 5.92 Å². The molecule has 0 aliphatic carbocycles. The van der Waals surface area contributed by atoms with Crippen LogP contribution >= 0.6 is 0 Å². The number of primary amides is 1. The molecule has 1 heterocycles. The first kappa shape index (κ1) is 13.2. The lowest BCUT2D eigenvalue weighted by atomic mass is 9.99. The highest BCUT2D eigenvalue weighted by molar-refractivity contribution is 5.94. The number of piperidine rings is 1. The Hall–Kier alpha value is -2.20. The van der Waals surface area contributed by atoms with Crippen molar-refractivity contribution in [1.29, 1.82) is 0 Å². The summed E-state index contributed by atoms with van der Waals surface area (Å²) in [6.45, 7) is 4.08. The second-order valence-electron chi connectivity index (χ2n) is 4.95. The molecule has 0 saturated carbocycles. The number of carbonyl (C=O) groups is 1. The number of hydrogen-bond acceptors (Lipinski definition) is 3. The Morgan fingerprint density at radius 1 is 1.58 bits per heavy atom. The van der Waals surface area contributed by atoms with Crippen LogP contribution in [0.2, 0.25) is 0 Å². The molecule has 2 rings (SSSR count). The van der Waals surface area contributed by atoms with E-state index in [0.717, 1.165) is 25.2 Å². The summed E-state index contributed by atoms with van der Waals surface area (Å²) in [5.41, 5.74) is 15.6. The van der Waals surface area contributed by atoms with E-state index in [1.54, 1.807) is 12.1 Å². The summed E-state index contributed by atoms with van der Waals surface area (Å²) in [6, 6.07) is 5.03. The SMILES string of the molecule is CC1CCCN(c2ccc(C(N)=O)cc2N=[N+]=[N-])C1. The Balaban J connectivity index is 2.38. The molecule has 1 unspecified atom stereocenters. The highest BCUT2D eigenvalue weighted by atomic mass is 16.1. The second-order valence-corrected chi connectivity index (χ2v) is 4.95. The van der Waals surface area contributed by atoms with Gasteiger partial charge in [-0.2, -0.15) is 0 Å². The molecule has 2 N–H and O–H groups in total. The maximum absolute atomic E-state index is 11.2. The van der Waals surface area contributed by atoms with Crippen molar-refractivity contribution in [3.63, 3.8) is 0 Å². The van der Waals surface area contributed by atoms with Crippen molar-refractivity contribution in [2.75, 3.05) is 18.0 Å². The van der Waals surface area contributed by atoms with E-state index in [4.69, 9.17) is 11.3 Å². The molecule has 6 nitrogen and oxygen atoms in total. The summed E-state index contributed by atoms with van der Waals surface area (Å²) >= 11 is 0. The zero-order valence-electron chi connectivity index (χ0n) is 10.9. The standard InChI is InChI=1S/C13H17N5O/c1-9-3-2-6-18(8-9)12-5-4-10(13(14)19)7-11(12)16-17-15/h4-5,7,9H,2-3,6,8H2,1H3,(H2,14,19). The molecule has 1 aliphatic heterocycles. The topological polar surface area (TPSA) is 95.1 Å². The number of carbonyl (C=O) groups excluding carboxylic acids is 1. The number of nitrogens with zero attached hydrogens (tertiary/aromatic N) is 4. The van der Waals surface area contributed by atoms with E-state index in [1.807, 2.05) is 6.07 Å². The molecular weight excluding hydrogens is 242 g/mol. The number of anilines is 1. The third-order valence-corrected chi connectivity index (χ3v) is 3.41. The molecule has 1 atom stereocenters. The number of rotatable bonds is 3. The lowest BCUT2D eigenvalue weighted by Crippen LogP contribution is -2.34. The van der Waals surface area contributed by atoms with E-state index in [9.17, 15) is 4.79 Å². The van der Waals surface area contributed by atoms with Gasteiger partial charge >= 0.3 is 0 Å². The van der Waals surface area contributed by atoms with E-state index in [-0.39, 0.29) is 0 Å².